The van der Waals surface area contributed by atoms with Gasteiger partial charge in [0, 0.05) is 0 Å². The van der Waals surface area contributed by atoms with Gasteiger partial charge in [-0.1, -0.05) is 0 Å². The molecule has 0 aliphatic rings. The van der Waals surface area contributed by atoms with Crippen LogP contribution in [0.5, 0.6) is 0 Å². The number of aliphatic carboxylic acids is 2. The smallest absolute Gasteiger partial charge is 0.0643 e. The van der Waals surface area contributed by atoms with Crippen molar-refractivity contribution in [2.75, 3.05) is 0 Å². The molecule has 19 heavy (non-hydrogen) atoms. The summed E-state index contributed by atoms with van der Waals surface area (Å²) in [5, 5.41) is 18.8. The summed E-state index contributed by atoms with van der Waals surface area (Å²) in [5.41, 5.74) is 0. The van der Waals surface area contributed by atoms with Crippen molar-refractivity contribution in [2.45, 2.75) is 61.2 Å². The molecule has 0 atom stereocenters. The van der Waals surface area contributed by atoms with Crippen LogP contribution in [-0.2, 0) is 9.59 Å². The minimum Gasteiger partial charge on any atom is -0.545 e. The Balaban J connectivity index is 0. The van der Waals surface area contributed by atoms with E-state index in [0.717, 1.165) is 0 Å². The normalized spacial score (nSPS) is 9.58. The third kappa shape index (κ3) is 26.9. The van der Waals surface area contributed by atoms with E-state index < -0.39 is 11.9 Å². The van der Waals surface area contributed by atoms with Crippen molar-refractivity contribution in [3.8, 4) is 0 Å². The fraction of sp³-hybridized carbons (Fsp3) is 0.714. The van der Waals surface area contributed by atoms with E-state index in [1.54, 1.807) is 8.87 Å². The summed E-state index contributed by atoms with van der Waals surface area (Å²) in [7, 11) is 0. The Hall–Kier alpha value is -0.521. The second kappa shape index (κ2) is 17.5. The minimum absolute atomic E-state index is 0.124. The number of hydrogen-bond donors (Lipinski definition) is 0. The van der Waals surface area contributed by atoms with Crippen LogP contribution in [0.1, 0.15) is 52.4 Å². The van der Waals surface area contributed by atoms with Crippen molar-refractivity contribution >= 4 is 33.1 Å². The quantitative estimate of drug-likeness (QED) is 0.324. The van der Waals surface area contributed by atoms with E-state index in [1.807, 2.05) is 0 Å². The zero-order chi connectivity index (χ0) is 14.9. The predicted octanol–water partition coefficient (Wildman–Crippen LogP) is 0.950. The van der Waals surface area contributed by atoms with E-state index in [9.17, 15) is 19.8 Å². The van der Waals surface area contributed by atoms with E-state index in [-0.39, 0.29) is 21.1 Å². The molecule has 0 bridgehead atoms. The van der Waals surface area contributed by atoms with Crippen LogP contribution in [-0.4, -0.2) is 33.1 Å². The standard InChI is InChI=1S/2C5H11.C4H4O4.Sn/c2*1-3-5-4-2;5-3(6)1-2-4(7)8;/h2*1,3-5H2,2H3;1-2H,(H,5,6)(H,7,8);/q;;;+2/p-2. The van der Waals surface area contributed by atoms with Crippen molar-refractivity contribution in [1.82, 2.24) is 0 Å². The van der Waals surface area contributed by atoms with E-state index >= 15 is 0 Å². The summed E-state index contributed by atoms with van der Waals surface area (Å²) < 4.78 is 3.28. The number of hydrogen-bond acceptors (Lipinski definition) is 4. The zero-order valence-corrected chi connectivity index (χ0v) is 14.8. The minimum atomic E-state index is -1.55. The van der Waals surface area contributed by atoms with Crippen LogP contribution in [0.2, 0.25) is 8.87 Å². The number of carboxylic acids is 2. The average molecular weight is 375 g/mol. The van der Waals surface area contributed by atoms with Gasteiger partial charge in [0.2, 0.25) is 0 Å². The summed E-state index contributed by atoms with van der Waals surface area (Å²) in [6.45, 7) is 4.59. The molecule has 0 aromatic rings. The van der Waals surface area contributed by atoms with E-state index in [1.165, 1.54) is 38.5 Å². The molecule has 0 aliphatic carbocycles. The van der Waals surface area contributed by atoms with Crippen LogP contribution in [0, 0.1) is 0 Å². The van der Waals surface area contributed by atoms with Gasteiger partial charge in [0.1, 0.15) is 0 Å². The first-order chi connectivity index (χ1) is 9.04. The molecule has 0 radical (unpaired) electrons. The van der Waals surface area contributed by atoms with Crippen LogP contribution in [0.3, 0.4) is 0 Å². The molecule has 0 unspecified atom stereocenters. The summed E-state index contributed by atoms with van der Waals surface area (Å²) in [6.07, 6.45) is 9.60. The molecule has 4 nitrogen and oxygen atoms in total. The van der Waals surface area contributed by atoms with Gasteiger partial charge in [-0.15, -0.1) is 0 Å². The molecule has 0 fully saturated rings. The number of unbranched alkanes of at least 4 members (excludes halogenated alkanes) is 4. The molecule has 5 heteroatoms. The molecule has 108 valence electrons. The molecule has 0 N–H and O–H groups in total. The Morgan fingerprint density at radius 3 is 1.47 bits per heavy atom. The van der Waals surface area contributed by atoms with Crippen LogP contribution in [0.25, 0.3) is 0 Å². The largest absolute Gasteiger partial charge is 0.545 e. The Morgan fingerprint density at radius 1 is 0.842 bits per heavy atom. The molecule has 0 saturated carbocycles. The maximum atomic E-state index is 9.41. The summed E-state index contributed by atoms with van der Waals surface area (Å²) in [4.78, 5) is 18.8. The summed E-state index contributed by atoms with van der Waals surface area (Å²) in [5.74, 6) is -3.09. The Labute approximate surface area is 126 Å². The average Bonchev–Trinajstić information content (AvgIpc) is 2.36. The van der Waals surface area contributed by atoms with Crippen molar-refractivity contribution < 1.29 is 19.8 Å². The van der Waals surface area contributed by atoms with Crippen molar-refractivity contribution in [3.05, 3.63) is 12.2 Å². The van der Waals surface area contributed by atoms with Gasteiger partial charge in [-0.3, -0.25) is 0 Å². The predicted molar refractivity (Wildman–Crippen MR) is 73.6 cm³/mol. The summed E-state index contributed by atoms with van der Waals surface area (Å²) in [6, 6.07) is 0. The molecule has 0 amide bonds. The fourth-order valence-electron chi connectivity index (χ4n) is 1.26. The first kappa shape index (κ1) is 20.8. The zero-order valence-electron chi connectivity index (χ0n) is 11.9. The Bertz CT molecular complexity index is 228. The molecule has 0 aliphatic heterocycles. The number of carboxylic acid groups (broad SMARTS) is 2. The van der Waals surface area contributed by atoms with Crippen LogP contribution >= 0.6 is 0 Å². The van der Waals surface area contributed by atoms with Gasteiger partial charge in [0.25, 0.3) is 0 Å². The molecule has 0 aromatic heterocycles. The van der Waals surface area contributed by atoms with Gasteiger partial charge in [0.05, 0.1) is 11.9 Å². The van der Waals surface area contributed by atoms with Crippen molar-refractivity contribution in [2.24, 2.45) is 0 Å². The fourth-order valence-corrected chi connectivity index (χ4v) is 4.83. The number of rotatable bonds is 10. The number of carbonyl (C=O) groups is 2. The molecule has 0 spiro atoms. The first-order valence-corrected chi connectivity index (χ1v) is 10.9. The Kier molecular flexibility index (Phi) is 19.1. The van der Waals surface area contributed by atoms with E-state index in [2.05, 4.69) is 13.8 Å². The van der Waals surface area contributed by atoms with Crippen LogP contribution in [0.4, 0.5) is 0 Å². The van der Waals surface area contributed by atoms with Crippen molar-refractivity contribution in [3.63, 3.8) is 0 Å². The maximum absolute atomic E-state index is 9.41. The van der Waals surface area contributed by atoms with E-state index in [4.69, 9.17) is 0 Å². The van der Waals surface area contributed by atoms with Gasteiger partial charge >= 0.3 is 82.4 Å². The molecule has 0 saturated heterocycles. The second-order valence-corrected chi connectivity index (χ2v) is 8.42. The SMILES string of the molecule is CCCC[CH2][Sn+2][CH2]CCCC.O=C([O-])C=CC(=O)[O-]. The topological polar surface area (TPSA) is 80.3 Å². The Morgan fingerprint density at radius 2 is 1.21 bits per heavy atom. The third-order valence-corrected chi connectivity index (χ3v) is 6.31. The monoisotopic (exact) mass is 376 g/mol. The van der Waals surface area contributed by atoms with Crippen LogP contribution in [0.15, 0.2) is 12.2 Å². The van der Waals surface area contributed by atoms with Gasteiger partial charge < -0.3 is 19.8 Å². The molecule has 0 rings (SSSR count). The first-order valence-electron chi connectivity index (χ1n) is 6.85. The third-order valence-electron chi connectivity index (χ3n) is 2.27. The second-order valence-electron chi connectivity index (χ2n) is 4.14. The van der Waals surface area contributed by atoms with Gasteiger partial charge in [-0.05, 0) is 12.2 Å². The molecular formula is C14H24O4Sn. The van der Waals surface area contributed by atoms with Gasteiger partial charge in [-0.25, -0.2) is 0 Å². The van der Waals surface area contributed by atoms with Crippen LogP contribution < -0.4 is 10.2 Å². The summed E-state index contributed by atoms with van der Waals surface area (Å²) >= 11 is 0.124. The maximum Gasteiger partial charge on any atom is 0.0643 e. The number of carbonyl (C=O) groups excluding carboxylic acids is 2. The molecular weight excluding hydrogens is 351 g/mol. The van der Waals surface area contributed by atoms with Crippen molar-refractivity contribution in [1.29, 1.82) is 0 Å². The molecule has 0 heterocycles. The van der Waals surface area contributed by atoms with Gasteiger partial charge in [-0.2, -0.15) is 0 Å². The van der Waals surface area contributed by atoms with E-state index in [0.29, 0.717) is 12.2 Å². The van der Waals surface area contributed by atoms with Gasteiger partial charge in [0.15, 0.2) is 0 Å². The molecule has 0 aromatic carbocycles.